The zero-order valence-corrected chi connectivity index (χ0v) is 24.7. The molecule has 3 amide bonds. The van der Waals surface area contributed by atoms with Gasteiger partial charge in [0.25, 0.3) is 11.6 Å². The predicted molar refractivity (Wildman–Crippen MR) is 152 cm³/mol. The molecule has 14 heteroatoms. The van der Waals surface area contributed by atoms with E-state index < -0.39 is 35.0 Å². The van der Waals surface area contributed by atoms with Gasteiger partial charge in [0.15, 0.2) is 0 Å². The van der Waals surface area contributed by atoms with Gasteiger partial charge in [0.2, 0.25) is 5.91 Å². The maximum Gasteiger partial charge on any atom is 0.404 e. The minimum Gasteiger partial charge on any atom is -0.481 e. The first-order valence-corrected chi connectivity index (χ1v) is 15.5. The molecule has 3 heterocycles. The normalized spacial score (nSPS) is 19.8. The number of β-lactam (4-membered cyclic amide) rings is 1. The number of carboxylic acids is 1. The summed E-state index contributed by atoms with van der Waals surface area (Å²) in [4.78, 5) is 63.2. The van der Waals surface area contributed by atoms with Crippen LogP contribution in [0.1, 0.15) is 62.7 Å². The van der Waals surface area contributed by atoms with Crippen LogP contribution in [-0.2, 0) is 39.8 Å². The Morgan fingerprint density at radius 3 is 2.39 bits per heavy atom. The summed E-state index contributed by atoms with van der Waals surface area (Å²) in [6.07, 6.45) is 6.35. The van der Waals surface area contributed by atoms with Crippen LogP contribution in [0.4, 0.5) is 4.79 Å². The van der Waals surface area contributed by atoms with Gasteiger partial charge in [0.1, 0.15) is 17.7 Å². The van der Waals surface area contributed by atoms with Gasteiger partial charge in [-0.05, 0) is 24.3 Å². The first-order valence-electron chi connectivity index (χ1n) is 13.6. The van der Waals surface area contributed by atoms with Crippen molar-refractivity contribution in [2.75, 3.05) is 26.1 Å². The number of esters is 1. The molecule has 0 aromatic carbocycles. The summed E-state index contributed by atoms with van der Waals surface area (Å²) in [6.45, 7) is -0.127. The smallest absolute Gasteiger partial charge is 0.404 e. The van der Waals surface area contributed by atoms with Crippen molar-refractivity contribution < 1.29 is 43.3 Å². The molecule has 12 nitrogen and oxygen atoms in total. The minimum atomic E-state index is -1.64. The lowest BCUT2D eigenvalue weighted by atomic mass is 9.98. The Bertz CT molecular complexity index is 1130. The number of rotatable bonds is 18. The zero-order chi connectivity index (χ0) is 29.8. The number of carbonyl (C=O) groups excluding carboxylic acids is 4. The van der Waals surface area contributed by atoms with E-state index in [2.05, 4.69) is 5.32 Å². The lowest BCUT2D eigenvalue weighted by molar-refractivity contribution is -0.193. The van der Waals surface area contributed by atoms with Crippen LogP contribution in [-0.4, -0.2) is 77.0 Å². The van der Waals surface area contributed by atoms with E-state index in [1.807, 2.05) is 17.5 Å². The molecule has 4 N–H and O–H groups in total. The second-order valence-electron chi connectivity index (χ2n) is 9.75. The number of hydrogen-bond donors (Lipinski definition) is 3. The Labute approximate surface area is 246 Å². The van der Waals surface area contributed by atoms with Crippen molar-refractivity contribution in [2.24, 2.45) is 5.73 Å². The van der Waals surface area contributed by atoms with E-state index in [-0.39, 0.29) is 43.4 Å². The third-order valence-electron chi connectivity index (χ3n) is 6.77. The number of thiophene rings is 1. The van der Waals surface area contributed by atoms with Gasteiger partial charge in [-0.3, -0.25) is 19.3 Å². The highest BCUT2D eigenvalue weighted by atomic mass is 32.2. The van der Waals surface area contributed by atoms with E-state index in [0.717, 1.165) is 43.4 Å². The zero-order valence-electron chi connectivity index (χ0n) is 23.1. The first kappa shape index (κ1) is 32.4. The van der Waals surface area contributed by atoms with E-state index in [9.17, 15) is 24.0 Å². The predicted octanol–water partition coefficient (Wildman–Crippen LogP) is 3.15. The Hall–Kier alpha value is -3.10. The highest BCUT2D eigenvalue weighted by Crippen LogP contribution is 2.47. The number of ether oxygens (including phenoxy) is 3. The van der Waals surface area contributed by atoms with Crippen LogP contribution in [0, 0.1) is 0 Å². The molecule has 1 aromatic rings. The van der Waals surface area contributed by atoms with E-state index >= 15 is 0 Å². The van der Waals surface area contributed by atoms with Gasteiger partial charge < -0.3 is 30.4 Å². The molecular weight excluding hydrogens is 574 g/mol. The SMILES string of the molecule is CO[C@@]1(NC(=O)Cc2cccs2)C(=O)N2C(C(=O)OCCCCCCCCCCC(=O)O)=C(COC(N)=O)CS[C@@H]21. The number of methoxy groups -OCH3 is 1. The summed E-state index contributed by atoms with van der Waals surface area (Å²) >= 11 is 2.69. The molecule has 2 aliphatic heterocycles. The highest BCUT2D eigenvalue weighted by Gasteiger charge is 2.66. The van der Waals surface area contributed by atoms with Crippen molar-refractivity contribution in [3.05, 3.63) is 33.7 Å². The van der Waals surface area contributed by atoms with Gasteiger partial charge in [-0.1, -0.05) is 44.6 Å². The quantitative estimate of drug-likeness (QED) is 0.0968. The van der Waals surface area contributed by atoms with E-state index in [4.69, 9.17) is 25.1 Å². The standard InChI is InChI=1S/C27H37N3O9S2/c1-37-27(29-20(31)15-19-11-10-14-40-19)24(35)30-22(18(16-39-26(28)36)17-41-25(27)30)23(34)38-13-9-7-5-3-2-4-6-8-12-21(32)33/h10-11,14,25H,2-9,12-13,15-17H2,1H3,(H2,28,36)(H,29,31)(H,32,33)/t25-,27+/m1/s1. The van der Waals surface area contributed by atoms with Gasteiger partial charge in [0, 0.05) is 29.7 Å². The monoisotopic (exact) mass is 611 g/mol. The maximum absolute atomic E-state index is 13.4. The molecule has 0 aliphatic carbocycles. The summed E-state index contributed by atoms with van der Waals surface area (Å²) < 4.78 is 16.0. The molecule has 0 spiro atoms. The number of carboxylic acid groups (broad SMARTS) is 1. The first-order chi connectivity index (χ1) is 19.7. The number of nitrogens with two attached hydrogens (primary N) is 1. The van der Waals surface area contributed by atoms with Crippen molar-refractivity contribution in [1.82, 2.24) is 10.2 Å². The molecule has 2 aliphatic rings. The molecule has 0 radical (unpaired) electrons. The van der Waals surface area contributed by atoms with Crippen LogP contribution in [0.5, 0.6) is 0 Å². The number of amides is 3. The molecule has 0 bridgehead atoms. The summed E-state index contributed by atoms with van der Waals surface area (Å²) in [5.74, 6) is -2.27. The fourth-order valence-corrected chi connectivity index (χ4v) is 6.82. The molecule has 0 unspecified atom stereocenters. The highest BCUT2D eigenvalue weighted by molar-refractivity contribution is 8.00. The second kappa shape index (κ2) is 15.8. The molecule has 0 saturated carbocycles. The van der Waals surface area contributed by atoms with Gasteiger partial charge >= 0.3 is 18.0 Å². The molecule has 1 saturated heterocycles. The molecule has 1 aromatic heterocycles. The summed E-state index contributed by atoms with van der Waals surface area (Å²) in [7, 11) is 1.32. The Kier molecular flexibility index (Phi) is 12.5. The molecule has 2 atom stereocenters. The number of carbonyl (C=O) groups is 5. The Balaban J connectivity index is 1.55. The molecule has 1 fully saturated rings. The third-order valence-corrected chi connectivity index (χ3v) is 9.02. The number of hydrogen-bond acceptors (Lipinski definition) is 10. The van der Waals surface area contributed by atoms with Crippen LogP contribution in [0.2, 0.25) is 0 Å². The number of unbranched alkanes of at least 4 members (excludes halogenated alkanes) is 7. The van der Waals surface area contributed by atoms with Gasteiger partial charge in [-0.15, -0.1) is 23.1 Å². The third kappa shape index (κ3) is 8.69. The molecule has 41 heavy (non-hydrogen) atoms. The fourth-order valence-electron chi connectivity index (χ4n) is 4.70. The van der Waals surface area contributed by atoms with E-state index in [1.54, 1.807) is 0 Å². The average molecular weight is 612 g/mol. The number of nitrogens with zero attached hydrogens (tertiary/aromatic N) is 1. The number of fused-ring (bicyclic) bond motifs is 1. The lowest BCUT2D eigenvalue weighted by Crippen LogP contribution is -2.80. The Morgan fingerprint density at radius 1 is 1.10 bits per heavy atom. The van der Waals surface area contributed by atoms with Gasteiger partial charge in [0.05, 0.1) is 13.0 Å². The van der Waals surface area contributed by atoms with Crippen molar-refractivity contribution in [3.8, 4) is 0 Å². The van der Waals surface area contributed by atoms with Gasteiger partial charge in [-0.25, -0.2) is 9.59 Å². The van der Waals surface area contributed by atoms with Crippen LogP contribution in [0.25, 0.3) is 0 Å². The largest absolute Gasteiger partial charge is 0.481 e. The fraction of sp³-hybridized carbons (Fsp3) is 0.593. The Morgan fingerprint density at radius 2 is 1.78 bits per heavy atom. The van der Waals surface area contributed by atoms with E-state index in [0.29, 0.717) is 18.4 Å². The molecular formula is C27H37N3O9S2. The maximum atomic E-state index is 13.4. The van der Waals surface area contributed by atoms with Crippen LogP contribution >= 0.6 is 23.1 Å². The topological polar surface area (TPSA) is 175 Å². The number of aliphatic carboxylic acids is 1. The number of nitrogens with one attached hydrogen (secondary N) is 1. The van der Waals surface area contributed by atoms with Crippen molar-refractivity contribution in [2.45, 2.75) is 75.3 Å². The average Bonchev–Trinajstić information content (AvgIpc) is 3.45. The van der Waals surface area contributed by atoms with Gasteiger partial charge in [-0.2, -0.15) is 0 Å². The number of primary amides is 1. The molecule has 226 valence electrons. The summed E-state index contributed by atoms with van der Waals surface area (Å²) in [5, 5.41) is 12.5. The van der Waals surface area contributed by atoms with Crippen LogP contribution in [0.15, 0.2) is 28.8 Å². The van der Waals surface area contributed by atoms with E-state index in [1.165, 1.54) is 35.1 Å². The van der Waals surface area contributed by atoms with Crippen molar-refractivity contribution >= 4 is 52.9 Å². The van der Waals surface area contributed by atoms with Crippen molar-refractivity contribution in [3.63, 3.8) is 0 Å². The summed E-state index contributed by atoms with van der Waals surface area (Å²) in [6, 6.07) is 3.65. The van der Waals surface area contributed by atoms with Crippen molar-refractivity contribution in [1.29, 1.82) is 0 Å². The molecule has 3 rings (SSSR count). The number of thioether (sulfide) groups is 1. The lowest BCUT2D eigenvalue weighted by Gasteiger charge is -2.55. The minimum absolute atomic E-state index is 0.0264. The van der Waals surface area contributed by atoms with Crippen LogP contribution < -0.4 is 11.1 Å². The summed E-state index contributed by atoms with van der Waals surface area (Å²) in [5.41, 5.74) is 3.82. The second-order valence-corrected chi connectivity index (χ2v) is 11.9. The van der Waals surface area contributed by atoms with Crippen LogP contribution in [0.3, 0.4) is 0 Å².